The Hall–Kier alpha value is -1.88. The average Bonchev–Trinajstić information content (AvgIpc) is 3.07. The molecule has 0 radical (unpaired) electrons. The van der Waals surface area contributed by atoms with E-state index in [1.807, 2.05) is 11.2 Å². The van der Waals surface area contributed by atoms with E-state index in [4.69, 9.17) is 0 Å². The molecule has 0 aromatic heterocycles. The van der Waals surface area contributed by atoms with Gasteiger partial charge in [0.25, 0.3) is 5.91 Å². The molecule has 7 nitrogen and oxygen atoms in total. The van der Waals surface area contributed by atoms with Crippen LogP contribution in [-0.2, 0) is 19.9 Å². The van der Waals surface area contributed by atoms with Crippen molar-refractivity contribution < 1.29 is 21.6 Å². The van der Waals surface area contributed by atoms with E-state index in [0.717, 1.165) is 36.8 Å². The Kier molecular flexibility index (Phi) is 8.26. The predicted octanol–water partition coefficient (Wildman–Crippen LogP) is 3.87. The molecule has 1 heterocycles. The molecule has 0 aliphatic carbocycles. The molecule has 180 valence electrons. The number of carbonyl (C=O) groups excluding carboxylic acids is 1. The van der Waals surface area contributed by atoms with E-state index in [0.29, 0.717) is 24.2 Å². The van der Waals surface area contributed by atoms with Gasteiger partial charge in [-0.05, 0) is 61.9 Å². The molecular formula is C23H30N2O5S3. The Labute approximate surface area is 200 Å². The number of nitrogens with one attached hydrogen (secondary N) is 1. The van der Waals surface area contributed by atoms with E-state index < -0.39 is 25.9 Å². The molecule has 2 aromatic carbocycles. The second-order valence-electron chi connectivity index (χ2n) is 8.25. The van der Waals surface area contributed by atoms with Crippen molar-refractivity contribution in [2.75, 3.05) is 25.6 Å². The Morgan fingerprint density at radius 3 is 2.06 bits per heavy atom. The minimum absolute atomic E-state index is 0.0260. The van der Waals surface area contributed by atoms with E-state index in [-0.39, 0.29) is 15.7 Å². The van der Waals surface area contributed by atoms with Crippen LogP contribution in [0.3, 0.4) is 0 Å². The summed E-state index contributed by atoms with van der Waals surface area (Å²) in [5.74, 6) is -0.136. The topological polar surface area (TPSA) is 101 Å². The summed E-state index contributed by atoms with van der Waals surface area (Å²) in [5, 5.41) is 0. The lowest BCUT2D eigenvalue weighted by Gasteiger charge is -2.22. The highest BCUT2D eigenvalue weighted by Gasteiger charge is 2.24. The molecule has 1 amide bonds. The van der Waals surface area contributed by atoms with Crippen LogP contribution in [0.15, 0.2) is 57.2 Å². The summed E-state index contributed by atoms with van der Waals surface area (Å²) in [6.07, 6.45) is 7.09. The summed E-state index contributed by atoms with van der Waals surface area (Å²) in [4.78, 5) is 16.0. The maximum Gasteiger partial charge on any atom is 0.255 e. The van der Waals surface area contributed by atoms with Gasteiger partial charge in [0.2, 0.25) is 10.0 Å². The van der Waals surface area contributed by atoms with Crippen LogP contribution in [0.4, 0.5) is 0 Å². The summed E-state index contributed by atoms with van der Waals surface area (Å²) in [7, 11) is -7.24. The summed E-state index contributed by atoms with van der Waals surface area (Å²) < 4.78 is 52.2. The summed E-state index contributed by atoms with van der Waals surface area (Å²) in [6.45, 7) is 3.05. The zero-order valence-electron chi connectivity index (χ0n) is 19.1. The smallest absolute Gasteiger partial charge is 0.255 e. The Morgan fingerprint density at radius 1 is 0.939 bits per heavy atom. The van der Waals surface area contributed by atoms with Gasteiger partial charge in [-0.25, -0.2) is 21.6 Å². The first-order valence-electron chi connectivity index (χ1n) is 10.8. The summed E-state index contributed by atoms with van der Waals surface area (Å²) in [6, 6.07) is 10.2. The SMILES string of the molecule is CSc1ccc(S(=O)(=O)NC(C)c2ccc(S(C)(=O)=O)cc2)cc1C(=O)N1CCCCCC1. The van der Waals surface area contributed by atoms with Gasteiger partial charge in [-0.1, -0.05) is 25.0 Å². The third kappa shape index (κ3) is 6.38. The van der Waals surface area contributed by atoms with Crippen molar-refractivity contribution in [2.24, 2.45) is 0 Å². The number of amides is 1. The van der Waals surface area contributed by atoms with Crippen LogP contribution in [-0.4, -0.2) is 53.2 Å². The van der Waals surface area contributed by atoms with Gasteiger partial charge in [-0.3, -0.25) is 4.79 Å². The number of likely N-dealkylation sites (tertiary alicyclic amines) is 1. The van der Waals surface area contributed by atoms with E-state index in [1.165, 1.54) is 36.0 Å². The zero-order valence-corrected chi connectivity index (χ0v) is 21.5. The number of thioether (sulfide) groups is 1. The number of nitrogens with zero attached hydrogens (tertiary/aromatic N) is 1. The van der Waals surface area contributed by atoms with Crippen molar-refractivity contribution in [2.45, 2.75) is 53.3 Å². The third-order valence-electron chi connectivity index (χ3n) is 5.75. The lowest BCUT2D eigenvalue weighted by atomic mass is 10.1. The molecule has 0 spiro atoms. The summed E-state index contributed by atoms with van der Waals surface area (Å²) in [5.41, 5.74) is 1.03. The summed E-state index contributed by atoms with van der Waals surface area (Å²) >= 11 is 1.41. The quantitative estimate of drug-likeness (QED) is 0.568. The molecule has 1 saturated heterocycles. The van der Waals surface area contributed by atoms with Gasteiger partial charge in [-0.2, -0.15) is 0 Å². The van der Waals surface area contributed by atoms with Crippen LogP contribution in [0.5, 0.6) is 0 Å². The van der Waals surface area contributed by atoms with Crippen LogP contribution in [0.25, 0.3) is 0 Å². The minimum Gasteiger partial charge on any atom is -0.339 e. The first kappa shape index (κ1) is 25.7. The number of rotatable bonds is 7. The predicted molar refractivity (Wildman–Crippen MR) is 131 cm³/mol. The third-order valence-corrected chi connectivity index (χ3v) is 9.21. The largest absolute Gasteiger partial charge is 0.339 e. The van der Waals surface area contributed by atoms with E-state index in [1.54, 1.807) is 25.1 Å². The van der Waals surface area contributed by atoms with Crippen molar-refractivity contribution >= 4 is 37.5 Å². The van der Waals surface area contributed by atoms with Crippen LogP contribution in [0.1, 0.15) is 54.6 Å². The fourth-order valence-electron chi connectivity index (χ4n) is 3.84. The van der Waals surface area contributed by atoms with Crippen LogP contribution in [0, 0.1) is 0 Å². The Morgan fingerprint density at radius 2 is 1.52 bits per heavy atom. The van der Waals surface area contributed by atoms with Crippen molar-refractivity contribution in [1.82, 2.24) is 9.62 Å². The number of hydrogen-bond acceptors (Lipinski definition) is 6. The van der Waals surface area contributed by atoms with Gasteiger partial charge in [-0.15, -0.1) is 11.8 Å². The van der Waals surface area contributed by atoms with Gasteiger partial charge < -0.3 is 4.90 Å². The van der Waals surface area contributed by atoms with Crippen molar-refractivity contribution in [3.05, 3.63) is 53.6 Å². The molecule has 33 heavy (non-hydrogen) atoms. The number of hydrogen-bond donors (Lipinski definition) is 1. The average molecular weight is 511 g/mol. The Balaban J connectivity index is 1.85. The van der Waals surface area contributed by atoms with E-state index in [9.17, 15) is 21.6 Å². The molecule has 10 heteroatoms. The fraction of sp³-hybridized carbons (Fsp3) is 0.435. The van der Waals surface area contributed by atoms with Gasteiger partial charge in [0.05, 0.1) is 15.4 Å². The molecule has 0 saturated carbocycles. The van der Waals surface area contributed by atoms with Gasteiger partial charge in [0, 0.05) is 30.3 Å². The van der Waals surface area contributed by atoms with E-state index in [2.05, 4.69) is 4.72 Å². The maximum absolute atomic E-state index is 13.2. The number of benzene rings is 2. The lowest BCUT2D eigenvalue weighted by Crippen LogP contribution is -2.32. The van der Waals surface area contributed by atoms with Gasteiger partial charge in [0.1, 0.15) is 0 Å². The fourth-order valence-corrected chi connectivity index (χ4v) is 6.30. The zero-order chi connectivity index (χ0) is 24.2. The van der Waals surface area contributed by atoms with Crippen molar-refractivity contribution in [1.29, 1.82) is 0 Å². The standard InChI is InChI=1S/C23H30N2O5S3/c1-17(18-8-10-19(11-9-18)32(3,27)28)24-33(29,30)20-12-13-22(31-2)21(16-20)23(26)25-14-6-4-5-7-15-25/h8-13,16-17,24H,4-7,14-15H2,1-3H3. The molecule has 1 atom stereocenters. The number of sulfone groups is 1. The highest BCUT2D eigenvalue weighted by atomic mass is 32.2. The van der Waals surface area contributed by atoms with Crippen LogP contribution >= 0.6 is 11.8 Å². The minimum atomic E-state index is -3.91. The van der Waals surface area contributed by atoms with Gasteiger partial charge in [0.15, 0.2) is 9.84 Å². The molecule has 3 rings (SSSR count). The lowest BCUT2D eigenvalue weighted by molar-refractivity contribution is 0.0758. The molecule has 2 aromatic rings. The normalized spacial score (nSPS) is 16.3. The number of sulfonamides is 1. The molecule has 0 bridgehead atoms. The molecule has 1 aliphatic rings. The molecule has 1 unspecified atom stereocenters. The molecular weight excluding hydrogens is 480 g/mol. The second kappa shape index (κ2) is 10.6. The van der Waals surface area contributed by atoms with Crippen molar-refractivity contribution in [3.63, 3.8) is 0 Å². The van der Waals surface area contributed by atoms with Gasteiger partial charge >= 0.3 is 0 Å². The highest BCUT2D eigenvalue weighted by Crippen LogP contribution is 2.27. The first-order valence-corrected chi connectivity index (χ1v) is 15.4. The van der Waals surface area contributed by atoms with Crippen molar-refractivity contribution in [3.8, 4) is 0 Å². The van der Waals surface area contributed by atoms with Crippen LogP contribution < -0.4 is 4.72 Å². The second-order valence-corrected chi connectivity index (χ2v) is 12.8. The number of carbonyl (C=O) groups is 1. The maximum atomic E-state index is 13.2. The monoisotopic (exact) mass is 510 g/mol. The first-order chi connectivity index (χ1) is 15.5. The highest BCUT2D eigenvalue weighted by molar-refractivity contribution is 7.98. The van der Waals surface area contributed by atoms with E-state index >= 15 is 0 Å². The molecule has 1 fully saturated rings. The van der Waals surface area contributed by atoms with Crippen LogP contribution in [0.2, 0.25) is 0 Å². The molecule has 1 aliphatic heterocycles. The Bertz CT molecular complexity index is 1200. The molecule has 1 N–H and O–H groups in total.